The lowest BCUT2D eigenvalue weighted by Crippen LogP contribution is -2.59. The third kappa shape index (κ3) is 4.77. The molecular formula is C27H44BrNO5. The number of hydrogen-bond donors (Lipinski definition) is 3. The van der Waals surface area contributed by atoms with E-state index in [-0.39, 0.29) is 35.6 Å². The second-order valence-electron chi connectivity index (χ2n) is 12.4. The van der Waals surface area contributed by atoms with Gasteiger partial charge in [-0.1, -0.05) is 36.7 Å². The Kier molecular flexibility index (Phi) is 7.93. The molecule has 34 heavy (non-hydrogen) atoms. The van der Waals surface area contributed by atoms with Gasteiger partial charge in [0, 0.05) is 18.3 Å². The van der Waals surface area contributed by atoms with Crippen LogP contribution in [0.5, 0.6) is 0 Å². The van der Waals surface area contributed by atoms with Gasteiger partial charge in [0.2, 0.25) is 0 Å². The lowest BCUT2D eigenvalue weighted by Gasteiger charge is -2.62. The number of alkyl carbamates (subject to hydrolysis) is 1. The number of alkyl halides is 1. The highest BCUT2D eigenvalue weighted by Crippen LogP contribution is 2.68. The van der Waals surface area contributed by atoms with Gasteiger partial charge in [0.1, 0.15) is 6.10 Å². The maximum absolute atomic E-state index is 12.1. The predicted octanol–water partition coefficient (Wildman–Crippen LogP) is 5.61. The molecule has 0 aromatic rings. The number of fused-ring (bicyclic) bond motifs is 5. The van der Waals surface area contributed by atoms with Gasteiger partial charge in [0.25, 0.3) is 0 Å². The van der Waals surface area contributed by atoms with Gasteiger partial charge in [0.05, 0.1) is 6.10 Å². The lowest BCUT2D eigenvalue weighted by atomic mass is 9.43. The molecule has 4 fully saturated rings. The minimum absolute atomic E-state index is 0.0584. The van der Waals surface area contributed by atoms with E-state index < -0.39 is 5.97 Å². The molecule has 0 saturated heterocycles. The Morgan fingerprint density at radius 1 is 1.09 bits per heavy atom. The van der Waals surface area contributed by atoms with Crippen molar-refractivity contribution in [1.82, 2.24) is 5.32 Å². The summed E-state index contributed by atoms with van der Waals surface area (Å²) < 4.78 is 5.73. The van der Waals surface area contributed by atoms with Crippen molar-refractivity contribution in [3.05, 3.63) is 0 Å². The molecule has 6 nitrogen and oxygen atoms in total. The van der Waals surface area contributed by atoms with E-state index in [4.69, 9.17) is 9.84 Å². The summed E-state index contributed by atoms with van der Waals surface area (Å²) in [6.45, 7) is 7.70. The minimum Gasteiger partial charge on any atom is -0.481 e. The van der Waals surface area contributed by atoms with Gasteiger partial charge >= 0.3 is 12.1 Å². The first-order valence-electron chi connectivity index (χ1n) is 13.5. The van der Waals surface area contributed by atoms with E-state index >= 15 is 0 Å². The summed E-state index contributed by atoms with van der Waals surface area (Å²) in [4.78, 5) is 23.2. The van der Waals surface area contributed by atoms with Crippen molar-refractivity contribution in [1.29, 1.82) is 0 Å². The molecule has 0 aliphatic heterocycles. The van der Waals surface area contributed by atoms with Crippen molar-refractivity contribution in [3.8, 4) is 0 Å². The fraction of sp³-hybridized carbons (Fsp3) is 0.926. The summed E-state index contributed by atoms with van der Waals surface area (Å²) in [7, 11) is 0. The van der Waals surface area contributed by atoms with Crippen LogP contribution < -0.4 is 5.32 Å². The summed E-state index contributed by atoms with van der Waals surface area (Å²) in [5.41, 5.74) is 0.404. The number of halogens is 1. The lowest BCUT2D eigenvalue weighted by molar-refractivity contribution is -0.174. The number of aliphatic hydroxyl groups excluding tert-OH is 1. The molecule has 4 rings (SSSR count). The van der Waals surface area contributed by atoms with Gasteiger partial charge in [-0.2, -0.15) is 0 Å². The largest absolute Gasteiger partial charge is 0.481 e. The summed E-state index contributed by atoms with van der Waals surface area (Å²) in [5.74, 6) is 2.06. The van der Waals surface area contributed by atoms with Gasteiger partial charge in [-0.05, 0) is 104 Å². The Hall–Kier alpha value is -0.820. The Labute approximate surface area is 213 Å². The number of carbonyl (C=O) groups is 2. The fourth-order valence-electron chi connectivity index (χ4n) is 9.16. The molecule has 4 aliphatic rings. The number of amides is 1. The summed E-state index contributed by atoms with van der Waals surface area (Å²) in [6, 6.07) is 0. The molecule has 0 radical (unpaired) electrons. The Bertz CT molecular complexity index is 763. The highest BCUT2D eigenvalue weighted by atomic mass is 79.9. The Morgan fingerprint density at radius 3 is 2.50 bits per heavy atom. The molecule has 0 aromatic heterocycles. The molecule has 3 N–H and O–H groups in total. The number of nitrogens with one attached hydrogen (secondary N) is 1. The molecule has 7 heteroatoms. The fourth-order valence-corrected chi connectivity index (χ4v) is 9.36. The second kappa shape index (κ2) is 10.3. The van der Waals surface area contributed by atoms with Crippen molar-refractivity contribution in [3.63, 3.8) is 0 Å². The van der Waals surface area contributed by atoms with Crippen LogP contribution in [0.2, 0.25) is 0 Å². The average Bonchev–Trinajstić information content (AvgIpc) is 3.14. The molecule has 4 aliphatic carbocycles. The van der Waals surface area contributed by atoms with Gasteiger partial charge in [0.15, 0.2) is 0 Å². The molecular weight excluding hydrogens is 498 g/mol. The van der Waals surface area contributed by atoms with Crippen molar-refractivity contribution in [2.45, 2.75) is 97.2 Å². The highest BCUT2D eigenvalue weighted by Gasteiger charge is 2.63. The molecule has 0 aromatic carbocycles. The number of carboxylic acids is 1. The molecule has 1 unspecified atom stereocenters. The molecule has 0 spiro atoms. The number of ether oxygens (including phenoxy) is 1. The number of rotatable bonds is 7. The van der Waals surface area contributed by atoms with E-state index in [2.05, 4.69) is 42.0 Å². The first-order valence-corrected chi connectivity index (χ1v) is 14.6. The second-order valence-corrected chi connectivity index (χ2v) is 13.1. The number of hydrogen-bond acceptors (Lipinski definition) is 4. The number of carbonyl (C=O) groups excluding carboxylic acids is 1. The van der Waals surface area contributed by atoms with Crippen LogP contribution in [-0.2, 0) is 9.53 Å². The van der Waals surface area contributed by atoms with Crippen molar-refractivity contribution >= 4 is 28.0 Å². The zero-order valence-corrected chi connectivity index (χ0v) is 22.7. The summed E-state index contributed by atoms with van der Waals surface area (Å²) >= 11 is 3.32. The minimum atomic E-state index is -0.697. The van der Waals surface area contributed by atoms with Crippen LogP contribution >= 0.6 is 15.9 Å². The van der Waals surface area contributed by atoms with Crippen molar-refractivity contribution < 1.29 is 24.5 Å². The zero-order valence-electron chi connectivity index (χ0n) is 21.1. The Morgan fingerprint density at radius 2 is 1.79 bits per heavy atom. The van der Waals surface area contributed by atoms with Crippen LogP contribution in [0, 0.1) is 46.3 Å². The topological polar surface area (TPSA) is 95.9 Å². The van der Waals surface area contributed by atoms with Crippen LogP contribution in [0.3, 0.4) is 0 Å². The van der Waals surface area contributed by atoms with Crippen LogP contribution in [-0.4, -0.2) is 46.4 Å². The summed E-state index contributed by atoms with van der Waals surface area (Å²) in [6.07, 6.45) is 8.63. The first-order chi connectivity index (χ1) is 16.1. The molecule has 1 amide bonds. The average molecular weight is 543 g/mol. The third-order valence-electron chi connectivity index (χ3n) is 10.8. The molecule has 194 valence electrons. The van der Waals surface area contributed by atoms with E-state index in [0.29, 0.717) is 47.4 Å². The quantitative estimate of drug-likeness (QED) is 0.364. The summed E-state index contributed by atoms with van der Waals surface area (Å²) in [5, 5.41) is 24.2. The standard InChI is InChI=1S/C27H44BrNO5/c1-16(4-7-23(31)32)19-5-6-20-24-21(9-11-27(19,20)3)26(2)10-8-18(14-17(26)15-22(24)30)34-25(33)29-13-12-28/h16-22,24,30H,4-15H2,1-3H3,(H,29,33)(H,31,32)/t16-,17?,18+,19-,20+,21+,22+,24+,26+,27-/m1/s1. The third-order valence-corrected chi connectivity index (χ3v) is 11.2. The van der Waals surface area contributed by atoms with E-state index in [1.807, 2.05) is 0 Å². The molecule has 10 atom stereocenters. The normalized spacial score (nSPS) is 44.3. The first kappa shape index (κ1) is 26.2. The SMILES string of the molecule is C[C@H](CCC(=O)O)[C@H]1CC[C@H]2[C@@H]3[C@@H](O)CC4C[C@@H](OC(=O)NCCBr)CC[C@]4(C)[C@H]3CC[C@]12C. The molecule has 0 bridgehead atoms. The number of carboxylic acid groups (broad SMARTS) is 1. The van der Waals surface area contributed by atoms with Gasteiger partial charge < -0.3 is 20.3 Å². The smallest absolute Gasteiger partial charge is 0.407 e. The number of aliphatic hydroxyl groups is 1. The van der Waals surface area contributed by atoms with Crippen molar-refractivity contribution in [2.24, 2.45) is 46.3 Å². The van der Waals surface area contributed by atoms with Crippen LogP contribution in [0.1, 0.15) is 85.0 Å². The van der Waals surface area contributed by atoms with Crippen molar-refractivity contribution in [2.75, 3.05) is 11.9 Å². The van der Waals surface area contributed by atoms with E-state index in [0.717, 1.165) is 51.4 Å². The predicted molar refractivity (Wildman–Crippen MR) is 135 cm³/mol. The Balaban J connectivity index is 1.45. The van der Waals surface area contributed by atoms with Gasteiger partial charge in [-0.15, -0.1) is 0 Å². The molecule has 0 heterocycles. The number of aliphatic carboxylic acids is 1. The molecule has 4 saturated carbocycles. The highest BCUT2D eigenvalue weighted by molar-refractivity contribution is 9.09. The van der Waals surface area contributed by atoms with Crippen LogP contribution in [0.25, 0.3) is 0 Å². The zero-order chi connectivity index (χ0) is 24.7. The van der Waals surface area contributed by atoms with Crippen LogP contribution in [0.4, 0.5) is 4.79 Å². The van der Waals surface area contributed by atoms with E-state index in [1.165, 1.54) is 6.42 Å². The maximum Gasteiger partial charge on any atom is 0.407 e. The van der Waals surface area contributed by atoms with Gasteiger partial charge in [-0.3, -0.25) is 4.79 Å². The van der Waals surface area contributed by atoms with Crippen LogP contribution in [0.15, 0.2) is 0 Å². The maximum atomic E-state index is 12.1. The monoisotopic (exact) mass is 541 g/mol. The van der Waals surface area contributed by atoms with E-state index in [1.54, 1.807) is 0 Å². The van der Waals surface area contributed by atoms with E-state index in [9.17, 15) is 14.7 Å². The van der Waals surface area contributed by atoms with Gasteiger partial charge in [-0.25, -0.2) is 4.79 Å².